The summed E-state index contributed by atoms with van der Waals surface area (Å²) < 4.78 is 17.5. The van der Waals surface area contributed by atoms with E-state index in [-0.39, 0.29) is 55.0 Å². The van der Waals surface area contributed by atoms with Crippen LogP contribution in [0.1, 0.15) is 64.0 Å². The summed E-state index contributed by atoms with van der Waals surface area (Å²) >= 11 is 0. The zero-order chi connectivity index (χ0) is 40.5. The molecule has 9 rings (SSSR count). The standard InChI is InChI=1S/C49H43N3O7/c1-57-47-27-32(20-25-46(47)52(55)56)28-51(49(54)59-31-45-42-18-8-4-14-38(42)39-15-5-9-19-43(39)45)35-23-21-33(22-24-35)34-11-10-26-50(29-34)48(53)58-30-44-40-16-6-2-12-36(40)37-13-3-7-17-41(37)44/h2-9,12-25,27,34,44-45H,10-11,26,28-31H2,1H3. The van der Waals surface area contributed by atoms with Crippen molar-refractivity contribution in [2.24, 2.45) is 0 Å². The number of nitrogens with zero attached hydrogens (tertiary/aromatic N) is 3. The largest absolute Gasteiger partial charge is 0.490 e. The molecule has 1 atom stereocenters. The first-order valence-corrected chi connectivity index (χ1v) is 20.0. The Morgan fingerprint density at radius 3 is 1.76 bits per heavy atom. The lowest BCUT2D eigenvalue weighted by Crippen LogP contribution is -2.40. The minimum Gasteiger partial charge on any atom is -0.490 e. The Balaban J connectivity index is 0.911. The molecular weight excluding hydrogens is 743 g/mol. The average Bonchev–Trinajstić information content (AvgIpc) is 3.78. The van der Waals surface area contributed by atoms with Crippen LogP contribution in [0.3, 0.4) is 0 Å². The number of nitro groups is 1. The predicted octanol–water partition coefficient (Wildman–Crippen LogP) is 10.7. The van der Waals surface area contributed by atoms with E-state index in [1.807, 2.05) is 72.8 Å². The number of likely N-dealkylation sites (tertiary alicyclic amines) is 1. The maximum atomic E-state index is 14.2. The van der Waals surface area contributed by atoms with Gasteiger partial charge in [0.25, 0.3) is 0 Å². The summed E-state index contributed by atoms with van der Waals surface area (Å²) in [4.78, 5) is 42.2. The number of benzene rings is 6. The molecule has 0 saturated carbocycles. The van der Waals surface area contributed by atoms with E-state index < -0.39 is 11.0 Å². The van der Waals surface area contributed by atoms with Crippen LogP contribution in [0.15, 0.2) is 140 Å². The van der Waals surface area contributed by atoms with Crippen molar-refractivity contribution in [2.75, 3.05) is 38.3 Å². The molecule has 10 heteroatoms. The summed E-state index contributed by atoms with van der Waals surface area (Å²) in [6.45, 7) is 1.64. The molecule has 59 heavy (non-hydrogen) atoms. The first-order valence-electron chi connectivity index (χ1n) is 20.0. The Morgan fingerprint density at radius 1 is 0.712 bits per heavy atom. The summed E-state index contributed by atoms with van der Waals surface area (Å²) in [5, 5.41) is 11.6. The SMILES string of the molecule is COc1cc(CN(C(=O)OCC2c3ccccc3-c3ccccc32)c2ccc(C3CCCN(C(=O)OCC4c5ccccc5-c5ccccc54)C3)cc2)ccc1[N+](=O)[O-]. The fourth-order valence-electron chi connectivity index (χ4n) is 9.11. The fraction of sp³-hybridized carbons (Fsp3) is 0.224. The summed E-state index contributed by atoms with van der Waals surface area (Å²) in [5.74, 6) is 0.0560. The van der Waals surface area contributed by atoms with Crippen molar-refractivity contribution >= 4 is 23.6 Å². The van der Waals surface area contributed by atoms with Gasteiger partial charge in [-0.2, -0.15) is 0 Å². The highest BCUT2D eigenvalue weighted by molar-refractivity contribution is 5.88. The maximum absolute atomic E-state index is 14.2. The molecule has 3 aliphatic rings. The smallest absolute Gasteiger partial charge is 0.414 e. The molecule has 2 amide bonds. The van der Waals surface area contributed by atoms with Crippen molar-refractivity contribution in [3.05, 3.63) is 183 Å². The summed E-state index contributed by atoms with van der Waals surface area (Å²) in [6, 6.07) is 45.4. The second-order valence-electron chi connectivity index (χ2n) is 15.3. The molecule has 6 aromatic carbocycles. The van der Waals surface area contributed by atoms with Crippen molar-refractivity contribution in [3.63, 3.8) is 0 Å². The topological polar surface area (TPSA) is 111 Å². The van der Waals surface area contributed by atoms with E-state index in [1.54, 1.807) is 21.9 Å². The summed E-state index contributed by atoms with van der Waals surface area (Å²) in [5.41, 5.74) is 11.4. The van der Waals surface area contributed by atoms with E-state index in [2.05, 4.69) is 48.5 Å². The molecule has 6 aromatic rings. The van der Waals surface area contributed by atoms with E-state index in [9.17, 15) is 19.7 Å². The van der Waals surface area contributed by atoms with Crippen molar-refractivity contribution < 1.29 is 28.7 Å². The Hall–Kier alpha value is -6.94. The van der Waals surface area contributed by atoms with Gasteiger partial charge < -0.3 is 19.1 Å². The highest BCUT2D eigenvalue weighted by atomic mass is 16.6. The zero-order valence-electron chi connectivity index (χ0n) is 32.7. The molecule has 0 bridgehead atoms. The van der Waals surface area contributed by atoms with Crippen LogP contribution >= 0.6 is 0 Å². The van der Waals surface area contributed by atoms with E-state index >= 15 is 0 Å². The van der Waals surface area contributed by atoms with Crippen LogP contribution in [0.25, 0.3) is 22.3 Å². The number of piperidine rings is 1. The van der Waals surface area contributed by atoms with Crippen molar-refractivity contribution in [2.45, 2.75) is 37.1 Å². The predicted molar refractivity (Wildman–Crippen MR) is 226 cm³/mol. The summed E-state index contributed by atoms with van der Waals surface area (Å²) in [6.07, 6.45) is 0.888. The minimum atomic E-state index is -0.545. The molecule has 1 fully saturated rings. The molecular formula is C49H43N3O7. The van der Waals surface area contributed by atoms with E-state index in [0.717, 1.165) is 40.7 Å². The Labute approximate surface area is 342 Å². The van der Waals surface area contributed by atoms with Crippen molar-refractivity contribution in [1.29, 1.82) is 0 Å². The normalized spacial score (nSPS) is 15.4. The van der Waals surface area contributed by atoms with Crippen molar-refractivity contribution in [3.8, 4) is 28.0 Å². The number of fused-ring (bicyclic) bond motifs is 6. The minimum absolute atomic E-state index is 0.00834. The number of carbonyl (C=O) groups is 2. The van der Waals surface area contributed by atoms with E-state index in [0.29, 0.717) is 24.3 Å². The molecule has 0 aromatic heterocycles. The van der Waals surface area contributed by atoms with Crippen LogP contribution in [0.2, 0.25) is 0 Å². The number of hydrogen-bond acceptors (Lipinski definition) is 7. The van der Waals surface area contributed by atoms with Crippen LogP contribution in [-0.2, 0) is 16.0 Å². The third-order valence-corrected chi connectivity index (χ3v) is 12.0. The van der Waals surface area contributed by atoms with Crippen LogP contribution in [0, 0.1) is 10.1 Å². The lowest BCUT2D eigenvalue weighted by Gasteiger charge is -2.33. The Morgan fingerprint density at radius 2 is 1.24 bits per heavy atom. The number of rotatable bonds is 10. The fourth-order valence-corrected chi connectivity index (χ4v) is 9.11. The molecule has 1 aliphatic heterocycles. The molecule has 1 saturated heterocycles. The van der Waals surface area contributed by atoms with Gasteiger partial charge in [-0.15, -0.1) is 0 Å². The van der Waals surface area contributed by atoms with Gasteiger partial charge in [0, 0.05) is 42.6 Å². The van der Waals surface area contributed by atoms with Gasteiger partial charge in [-0.1, -0.05) is 115 Å². The van der Waals surface area contributed by atoms with Crippen LogP contribution < -0.4 is 9.64 Å². The Kier molecular flexibility index (Phi) is 10.3. The lowest BCUT2D eigenvalue weighted by molar-refractivity contribution is -0.385. The van der Waals surface area contributed by atoms with Crippen LogP contribution in [0.5, 0.6) is 5.75 Å². The van der Waals surface area contributed by atoms with Gasteiger partial charge in [-0.05, 0) is 86.7 Å². The number of carbonyl (C=O) groups excluding carboxylic acids is 2. The third-order valence-electron chi connectivity index (χ3n) is 12.0. The lowest BCUT2D eigenvalue weighted by atomic mass is 9.90. The quantitative estimate of drug-likeness (QED) is 0.100. The molecule has 0 spiro atoms. The second-order valence-corrected chi connectivity index (χ2v) is 15.3. The van der Waals surface area contributed by atoms with Gasteiger partial charge in [0.05, 0.1) is 18.6 Å². The van der Waals surface area contributed by atoms with E-state index in [1.165, 1.54) is 35.4 Å². The number of amides is 2. The van der Waals surface area contributed by atoms with Crippen LogP contribution in [-0.4, -0.2) is 55.4 Å². The second kappa shape index (κ2) is 16.1. The highest BCUT2D eigenvalue weighted by Gasteiger charge is 2.33. The van der Waals surface area contributed by atoms with Crippen molar-refractivity contribution in [1.82, 2.24) is 4.90 Å². The van der Waals surface area contributed by atoms with Gasteiger partial charge in [-0.25, -0.2) is 9.59 Å². The average molecular weight is 786 g/mol. The van der Waals surface area contributed by atoms with Gasteiger partial charge >= 0.3 is 17.9 Å². The molecule has 0 radical (unpaired) electrons. The molecule has 1 unspecified atom stereocenters. The monoisotopic (exact) mass is 785 g/mol. The first-order chi connectivity index (χ1) is 28.9. The van der Waals surface area contributed by atoms with Gasteiger partial charge in [0.15, 0.2) is 5.75 Å². The number of ether oxygens (including phenoxy) is 3. The van der Waals surface area contributed by atoms with Gasteiger partial charge in [0.2, 0.25) is 0 Å². The molecule has 2 aliphatic carbocycles. The maximum Gasteiger partial charge on any atom is 0.414 e. The zero-order valence-corrected chi connectivity index (χ0v) is 32.7. The van der Waals surface area contributed by atoms with Gasteiger partial charge in [-0.3, -0.25) is 15.0 Å². The first kappa shape index (κ1) is 37.6. The molecule has 296 valence electrons. The summed E-state index contributed by atoms with van der Waals surface area (Å²) in [7, 11) is 1.38. The molecule has 10 nitrogen and oxygen atoms in total. The van der Waals surface area contributed by atoms with Crippen LogP contribution in [0.4, 0.5) is 21.0 Å². The number of anilines is 1. The number of hydrogen-bond donors (Lipinski definition) is 0. The van der Waals surface area contributed by atoms with E-state index in [4.69, 9.17) is 14.2 Å². The highest BCUT2D eigenvalue weighted by Crippen LogP contribution is 2.46. The molecule has 1 heterocycles. The number of methoxy groups -OCH3 is 1. The number of nitro benzene ring substituents is 1. The molecule has 0 N–H and O–H groups in total. The third kappa shape index (κ3) is 7.27. The van der Waals surface area contributed by atoms with Gasteiger partial charge in [0.1, 0.15) is 13.2 Å². The Bertz CT molecular complexity index is 2460.